The van der Waals surface area contributed by atoms with Gasteiger partial charge in [-0.3, -0.25) is 81.5 Å². The average molecular weight is 1970 g/mol. The topological polar surface area (TPSA) is 492 Å². The SMILES string of the molecule is C/C=C/C[C@@H](C)C(OC(=O)OC(C)OC(=O)CCC(=O)OCCOCCOCCOC(=O)CCC(=O)OCC(=O)[C@@]1(O)CCC2C3CCC4=CC(=O)C=C[C@]4(C)C3[C@@H](O)C[C@@]21C)C1C(=O)NC(CC)C(=O)N(C)CC(=O)N(C)[C@@H](CC(C)C)C(=O)NC(C(C)C)C(=O)N(C)C(CC(C)C)C(=O)NC(C)C(=O)NC(C)C(=O)N(C)C(CC(C)C)C(=O)N(C)C(CC(C)C)C(=O)N(C)C(C(C)C)C(=O)N1C. The smallest absolute Gasteiger partial charge is 0.463 e. The first-order valence-electron chi connectivity index (χ1n) is 49.1. The van der Waals surface area contributed by atoms with Crippen LogP contribution in [0.2, 0.25) is 0 Å². The van der Waals surface area contributed by atoms with Crippen molar-refractivity contribution in [2.45, 2.75) is 319 Å². The molecule has 5 aliphatic rings. The number of rotatable bonds is 36. The van der Waals surface area contributed by atoms with Crippen molar-refractivity contribution < 1.29 is 134 Å². The molecule has 3 saturated carbocycles. The lowest BCUT2D eigenvalue weighted by Crippen LogP contribution is -2.64. The summed E-state index contributed by atoms with van der Waals surface area (Å²) in [6.45, 7) is 32.0. The molecule has 4 fully saturated rings. The predicted octanol–water partition coefficient (Wildman–Crippen LogP) is 6.12. The lowest BCUT2D eigenvalue weighted by Gasteiger charge is -2.59. The van der Waals surface area contributed by atoms with E-state index in [1.807, 2.05) is 75.3 Å². The molecular weight excluding hydrogens is 1800 g/mol. The first kappa shape index (κ1) is 119. The van der Waals surface area contributed by atoms with Crippen molar-refractivity contribution in [3.8, 4) is 0 Å². The van der Waals surface area contributed by atoms with Crippen molar-refractivity contribution in [3.05, 3.63) is 36.0 Å². The largest absolute Gasteiger partial charge is 0.511 e. The van der Waals surface area contributed by atoms with Gasteiger partial charge in [0.15, 0.2) is 12.4 Å². The molecule has 0 aromatic rings. The number of fused-ring (bicyclic) bond motifs is 5. The standard InChI is InChI=1S/C100H161N11O28/c1-28-30-31-62(15)86(139-97(130)138-65(18)137-81(119)37-36-79(117)135-47-45-133-43-42-132-44-46-134-78(116)34-35-80(118)136-55-76(114)100(131)41-39-69-68-33-32-66-52-67(112)38-40-98(66,19)82(68)75(113)53-99(69,100)20)85-90(123)103-70(29-2)92(125)105(21)54-77(115)106(22)71(48-56(3)4)89(122)104-83(60(11)12)95(128)107(23)72(49-57(5)6)88(121)101-63(16)87(120)102-64(17)91(124)108(24)73(50-58(7)8)93(126)109(25)74(51-59(9)10)94(127)110(26)84(61(13)14)96(129)111(85)27/h28,30,38,40,52,56-65,68-75,82-86,113,131H,29,31-37,39,41-51,53-55H2,1-27H3,(H,101,121)(H,102,120)(H,103,123)(H,104,122)/b30-28+/t62-,63?,64?,65?,68?,69?,70?,71+,72?,73?,74?,75+,82?,83?,84?,85?,86?,98+,99+,100+/m1/s1. The average Bonchev–Trinajstić information content (AvgIpc) is 1.55. The van der Waals surface area contributed by atoms with E-state index in [0.717, 1.165) is 32.1 Å². The number of esters is 4. The predicted molar refractivity (Wildman–Crippen MR) is 510 cm³/mol. The molecule has 0 aromatic carbocycles. The number of Topliss-reactive ketones (excluding diaryl/α,β-unsaturated/α-hetero) is 1. The number of nitrogens with one attached hydrogen (secondary N) is 4. The Morgan fingerprint density at radius 2 is 1.00 bits per heavy atom. The molecule has 5 rings (SSSR count). The summed E-state index contributed by atoms with van der Waals surface area (Å²) < 4.78 is 43.5. The molecule has 139 heavy (non-hydrogen) atoms. The van der Waals surface area contributed by atoms with E-state index in [-0.39, 0.29) is 145 Å². The van der Waals surface area contributed by atoms with Crippen LogP contribution in [0.4, 0.5) is 4.79 Å². The second kappa shape index (κ2) is 54.1. The third kappa shape index (κ3) is 32.1. The molecule has 14 unspecified atom stereocenters. The number of aliphatic hydroxyl groups excluding tert-OH is 1. The summed E-state index contributed by atoms with van der Waals surface area (Å²) in [7, 11) is 9.43. The van der Waals surface area contributed by atoms with E-state index in [0.29, 0.717) is 19.3 Å². The van der Waals surface area contributed by atoms with E-state index >= 15 is 19.2 Å². The maximum absolute atomic E-state index is 15.9. The second-order valence-electron chi connectivity index (χ2n) is 41.0. The number of carbonyl (C=O) groups excluding carboxylic acids is 18. The first-order chi connectivity index (χ1) is 64.9. The second-order valence-corrected chi connectivity index (χ2v) is 41.0. The van der Waals surface area contributed by atoms with Gasteiger partial charge in [0.25, 0.3) is 0 Å². The molecule has 1 aliphatic heterocycles. The lowest BCUT2D eigenvalue weighted by atomic mass is 9.46. The van der Waals surface area contributed by atoms with Gasteiger partial charge in [0, 0.05) is 73.0 Å². The van der Waals surface area contributed by atoms with Gasteiger partial charge in [0.1, 0.15) is 85.3 Å². The molecule has 39 nitrogen and oxygen atoms in total. The van der Waals surface area contributed by atoms with Crippen molar-refractivity contribution >= 4 is 107 Å². The molecule has 1 saturated heterocycles. The number of nitrogens with zero attached hydrogens (tertiary/aromatic N) is 7. The summed E-state index contributed by atoms with van der Waals surface area (Å²) in [6, 6.07) is -13.8. The quantitative estimate of drug-likeness (QED) is 0.0135. The Bertz CT molecular complexity index is 4400. The van der Waals surface area contributed by atoms with Crippen LogP contribution in [0.3, 0.4) is 0 Å². The van der Waals surface area contributed by atoms with E-state index in [9.17, 15) is 77.3 Å². The number of aliphatic hydroxyl groups is 2. The van der Waals surface area contributed by atoms with Crippen LogP contribution in [0, 0.1) is 70.0 Å². The fourth-order valence-electron chi connectivity index (χ4n) is 19.8. The van der Waals surface area contributed by atoms with Crippen molar-refractivity contribution in [1.29, 1.82) is 0 Å². The van der Waals surface area contributed by atoms with Crippen molar-refractivity contribution in [3.63, 3.8) is 0 Å². The minimum atomic E-state index is -1.93. The Morgan fingerprint density at radius 1 is 0.518 bits per heavy atom. The fraction of sp³-hybridized carbons (Fsp3) is 0.760. The maximum atomic E-state index is 15.9. The molecule has 1 heterocycles. The molecule has 6 N–H and O–H groups in total. The highest BCUT2D eigenvalue weighted by molar-refractivity contribution is 6.02. The van der Waals surface area contributed by atoms with Crippen LogP contribution >= 0.6 is 0 Å². The zero-order valence-corrected chi connectivity index (χ0v) is 87.1. The van der Waals surface area contributed by atoms with Gasteiger partial charge in [-0.1, -0.05) is 135 Å². The monoisotopic (exact) mass is 1960 g/mol. The molecule has 0 spiro atoms. The Labute approximate surface area is 820 Å². The van der Waals surface area contributed by atoms with Crippen LogP contribution < -0.4 is 21.3 Å². The van der Waals surface area contributed by atoms with Gasteiger partial charge in [0.2, 0.25) is 77.1 Å². The number of ketones is 2. The molecule has 11 amide bonds. The zero-order chi connectivity index (χ0) is 105. The summed E-state index contributed by atoms with van der Waals surface area (Å²) in [4.78, 5) is 264. The zero-order valence-electron chi connectivity index (χ0n) is 87.1. The number of carbonyl (C=O) groups is 18. The van der Waals surface area contributed by atoms with E-state index < -0.39 is 246 Å². The van der Waals surface area contributed by atoms with Crippen molar-refractivity contribution in [1.82, 2.24) is 55.6 Å². The summed E-state index contributed by atoms with van der Waals surface area (Å²) in [5.41, 5.74) is -2.41. The molecule has 0 aromatic heterocycles. The van der Waals surface area contributed by atoms with E-state index in [2.05, 4.69) is 21.3 Å². The minimum Gasteiger partial charge on any atom is -0.463 e. The van der Waals surface area contributed by atoms with Crippen molar-refractivity contribution in [2.75, 3.05) is 102 Å². The molecule has 0 radical (unpaired) electrons. The summed E-state index contributed by atoms with van der Waals surface area (Å²) in [5.74, 6) is -16.4. The van der Waals surface area contributed by atoms with Crippen LogP contribution in [0.5, 0.6) is 0 Å². The van der Waals surface area contributed by atoms with E-state index in [1.54, 1.807) is 72.8 Å². The summed E-state index contributed by atoms with van der Waals surface area (Å²) in [5, 5.41) is 34.7. The van der Waals surface area contributed by atoms with Crippen LogP contribution in [0.1, 0.15) is 235 Å². The van der Waals surface area contributed by atoms with E-state index in [4.69, 9.17) is 37.9 Å². The summed E-state index contributed by atoms with van der Waals surface area (Å²) >= 11 is 0. The fourth-order valence-corrected chi connectivity index (χ4v) is 19.8. The normalized spacial score (nSPS) is 28.3. The van der Waals surface area contributed by atoms with Crippen LogP contribution in [-0.4, -0.2) is 338 Å². The number of allylic oxidation sites excluding steroid dienone is 6. The third-order valence-electron chi connectivity index (χ3n) is 27.7. The molecule has 0 bridgehead atoms. The third-order valence-corrected chi connectivity index (χ3v) is 27.7. The number of likely N-dealkylation sites (N-methyl/N-ethyl adjacent to an activating group) is 7. The Hall–Kier alpha value is -10.3. The molecular formula is C100H161N11O28. The number of ether oxygens (including phenoxy) is 8. The maximum Gasteiger partial charge on any atom is 0.511 e. The van der Waals surface area contributed by atoms with Gasteiger partial charge in [-0.2, -0.15) is 0 Å². The molecule has 20 atom stereocenters. The number of hydrogen-bond donors (Lipinski definition) is 6. The van der Waals surface area contributed by atoms with Gasteiger partial charge in [-0.05, 0) is 157 Å². The van der Waals surface area contributed by atoms with Crippen molar-refractivity contribution in [2.24, 2.45) is 70.0 Å². The van der Waals surface area contributed by atoms with Gasteiger partial charge in [-0.25, -0.2) is 4.79 Å². The summed E-state index contributed by atoms with van der Waals surface area (Å²) in [6.07, 6.45) is 3.09. The van der Waals surface area contributed by atoms with Crippen LogP contribution in [0.15, 0.2) is 36.0 Å². The highest BCUT2D eigenvalue weighted by atomic mass is 16.8. The highest BCUT2D eigenvalue weighted by Gasteiger charge is 2.68. The molecule has 39 heteroatoms. The number of hydrogen-bond acceptors (Lipinski definition) is 28. The first-order valence-corrected chi connectivity index (χ1v) is 49.1. The van der Waals surface area contributed by atoms with Gasteiger partial charge >= 0.3 is 30.0 Å². The Kier molecular flexibility index (Phi) is 46.4. The van der Waals surface area contributed by atoms with E-state index in [1.165, 1.54) is 77.9 Å². The molecule has 784 valence electrons. The Balaban J connectivity index is 1.29. The van der Waals surface area contributed by atoms with Gasteiger partial charge in [-0.15, -0.1) is 0 Å². The van der Waals surface area contributed by atoms with Crippen LogP contribution in [-0.2, 0) is 119 Å². The minimum absolute atomic E-state index is 0.0203. The molecule has 4 aliphatic carbocycles. The van der Waals surface area contributed by atoms with Gasteiger partial charge < -0.3 is 104 Å². The lowest BCUT2D eigenvalue weighted by molar-refractivity contribution is -0.181. The number of amides is 11. The highest BCUT2D eigenvalue weighted by Crippen LogP contribution is 2.67. The van der Waals surface area contributed by atoms with Gasteiger partial charge in [0.05, 0.1) is 64.8 Å². The van der Waals surface area contributed by atoms with Crippen LogP contribution in [0.25, 0.3) is 0 Å². The Morgan fingerprint density at radius 3 is 1.53 bits per heavy atom.